The summed E-state index contributed by atoms with van der Waals surface area (Å²) in [7, 11) is 1.70. The molecule has 2 aliphatic rings. The second-order valence-electron chi connectivity index (χ2n) is 21.4. The zero-order valence-electron chi connectivity index (χ0n) is 46.6. The molecule has 0 bridgehead atoms. The van der Waals surface area contributed by atoms with E-state index in [0.29, 0.717) is 77.0 Å². The number of carbonyl (C=O) groups excluding carboxylic acids is 4. The molecule has 2 saturated carbocycles. The molecule has 0 saturated heterocycles. The van der Waals surface area contributed by atoms with Gasteiger partial charge in [-0.2, -0.15) is 0 Å². The van der Waals surface area contributed by atoms with Gasteiger partial charge in [0.1, 0.15) is 11.4 Å². The minimum absolute atomic E-state index is 0.219. The highest BCUT2D eigenvalue weighted by molar-refractivity contribution is 5.75. The lowest BCUT2D eigenvalue weighted by Crippen LogP contribution is -2.46. The van der Waals surface area contributed by atoms with E-state index in [4.69, 9.17) is 18.9 Å². The van der Waals surface area contributed by atoms with Crippen LogP contribution in [0.1, 0.15) is 209 Å². The second kappa shape index (κ2) is 32.8. The van der Waals surface area contributed by atoms with Crippen LogP contribution in [0.5, 0.6) is 0 Å². The Morgan fingerprint density at radius 1 is 0.333 bits per heavy atom. The first-order valence-corrected chi connectivity index (χ1v) is 29.0. The number of esters is 3. The number of carbonyl (C=O) groups is 4. The summed E-state index contributed by atoms with van der Waals surface area (Å²) in [6.07, 6.45) is 21.2. The van der Waals surface area contributed by atoms with Crippen molar-refractivity contribution >= 4 is 23.7 Å². The number of methoxy groups -OCH3 is 1. The smallest absolute Gasteiger partial charge is 0.307 e. The van der Waals surface area contributed by atoms with Crippen LogP contribution in [0.4, 0.5) is 0 Å². The van der Waals surface area contributed by atoms with Crippen LogP contribution in [0.25, 0.3) is 0 Å². The lowest BCUT2D eigenvalue weighted by Gasteiger charge is -2.40. The van der Waals surface area contributed by atoms with Crippen LogP contribution in [0.2, 0.25) is 0 Å². The van der Waals surface area contributed by atoms with E-state index in [2.05, 4.69) is 47.4 Å². The van der Waals surface area contributed by atoms with Crippen LogP contribution in [-0.2, 0) is 38.1 Å². The fraction of sp³-hybridized carbons (Fsp3) is 0.486. The Bertz CT molecular complexity index is 2720. The summed E-state index contributed by atoms with van der Waals surface area (Å²) in [5, 5.41) is 0. The zero-order valence-corrected chi connectivity index (χ0v) is 46.6. The maximum Gasteiger partial charge on any atom is 0.307 e. The zero-order chi connectivity index (χ0) is 55.0. The molecule has 0 N–H and O–H groups in total. The summed E-state index contributed by atoms with van der Waals surface area (Å²) in [4.78, 5) is 51.7. The lowest BCUT2D eigenvalue weighted by molar-refractivity contribution is -0.169. The van der Waals surface area contributed by atoms with Crippen molar-refractivity contribution in [3.8, 4) is 47.4 Å². The molecular weight excluding hydrogens is 969 g/mol. The Balaban J connectivity index is 0.930. The van der Waals surface area contributed by atoms with Crippen molar-refractivity contribution in [3.05, 3.63) is 144 Å². The first-order valence-electron chi connectivity index (χ1n) is 29.0. The summed E-state index contributed by atoms with van der Waals surface area (Å²) >= 11 is 0. The highest BCUT2D eigenvalue weighted by Gasteiger charge is 2.47. The normalized spacial score (nSPS) is 20.3. The van der Waals surface area contributed by atoms with Crippen molar-refractivity contribution < 1.29 is 38.1 Å². The Morgan fingerprint density at radius 3 is 0.795 bits per heavy atom. The van der Waals surface area contributed by atoms with Gasteiger partial charge in [0.2, 0.25) is 0 Å². The topological polar surface area (TPSA) is 105 Å². The standard InChI is InChI=1S/C70H82O8/c1-59(71)31-19-11-7-3-4-8-12-29-41-65(73)77-69(49-45-62-36-24-17-25-37-62)55-57-70(58-56-69,50-46-63-38-26-18-27-39-63)78-66(74)42-30-14-10-6-5-9-13-28-40-64(72)76-68(48-44-61-34-22-16-23-35-61)53-51-67(75-2,52-54-68)47-43-60-32-20-15-21-33-60/h15-18,20-27,32-39H,3-14,19,28-31,40-42,51-58H2,1-2H3. The van der Waals surface area contributed by atoms with Crippen LogP contribution in [0, 0.1) is 47.4 Å². The monoisotopic (exact) mass is 1050 g/mol. The average Bonchev–Trinajstić information content (AvgIpc) is 3.52. The van der Waals surface area contributed by atoms with Crippen LogP contribution < -0.4 is 0 Å². The van der Waals surface area contributed by atoms with E-state index >= 15 is 0 Å². The highest BCUT2D eigenvalue weighted by Crippen LogP contribution is 2.41. The van der Waals surface area contributed by atoms with Crippen LogP contribution in [-0.4, -0.2) is 53.2 Å². The number of unbranched alkanes of at least 4 members (excludes halogenated alkanes) is 14. The maximum absolute atomic E-state index is 13.6. The van der Waals surface area contributed by atoms with Gasteiger partial charge in [0.05, 0.1) is 0 Å². The van der Waals surface area contributed by atoms with Gasteiger partial charge in [-0.3, -0.25) is 14.4 Å². The third-order valence-electron chi connectivity index (χ3n) is 15.1. The van der Waals surface area contributed by atoms with Gasteiger partial charge >= 0.3 is 17.9 Å². The third-order valence-corrected chi connectivity index (χ3v) is 15.1. The molecule has 0 spiro atoms. The quantitative estimate of drug-likeness (QED) is 0.0265. The number of hydrogen-bond donors (Lipinski definition) is 0. The SMILES string of the molecule is COC1(C#Cc2ccccc2)CCC(C#Cc2ccccc2)(OC(=O)CCCCCCCCCCC(=O)OC2(C#Cc3ccccc3)CCC(C#Cc3ccccc3)(OC(=O)CCCCCCCCCCC(C)=O)CC2)CC1. The van der Waals surface area contributed by atoms with Crippen molar-refractivity contribution in [2.45, 2.75) is 209 Å². The molecule has 4 aromatic rings. The molecule has 8 heteroatoms. The number of hydrogen-bond acceptors (Lipinski definition) is 8. The molecule has 0 aliphatic heterocycles. The van der Waals surface area contributed by atoms with Crippen LogP contribution in [0.15, 0.2) is 121 Å². The molecule has 410 valence electrons. The van der Waals surface area contributed by atoms with Crippen molar-refractivity contribution in [3.63, 3.8) is 0 Å². The van der Waals surface area contributed by atoms with Crippen LogP contribution in [0.3, 0.4) is 0 Å². The molecule has 0 radical (unpaired) electrons. The van der Waals surface area contributed by atoms with Gasteiger partial charge in [0.25, 0.3) is 0 Å². The predicted octanol–water partition coefficient (Wildman–Crippen LogP) is 15.0. The molecule has 8 nitrogen and oxygen atoms in total. The van der Waals surface area contributed by atoms with E-state index in [-0.39, 0.29) is 23.7 Å². The second-order valence-corrected chi connectivity index (χ2v) is 21.4. The van der Waals surface area contributed by atoms with Gasteiger partial charge in [-0.1, -0.05) is 179 Å². The third kappa shape index (κ3) is 21.9. The Hall–Kier alpha value is -6.84. The predicted molar refractivity (Wildman–Crippen MR) is 309 cm³/mol. The van der Waals surface area contributed by atoms with Crippen LogP contribution >= 0.6 is 0 Å². The Kier molecular flexibility index (Phi) is 25.4. The van der Waals surface area contributed by atoms with Gasteiger partial charge in [-0.05, 0) is 112 Å². The molecule has 0 amide bonds. The summed E-state index contributed by atoms with van der Waals surface area (Å²) < 4.78 is 24.9. The van der Waals surface area contributed by atoms with E-state index in [1.54, 1.807) is 14.0 Å². The molecular formula is C70H82O8. The minimum Gasteiger partial charge on any atom is -0.446 e. The van der Waals surface area contributed by atoms with Gasteiger partial charge in [0, 0.05) is 93.6 Å². The van der Waals surface area contributed by atoms with Crippen molar-refractivity contribution in [2.75, 3.05) is 7.11 Å². The number of rotatable bonds is 26. The number of Topliss-reactive ketones (excluding diaryl/α,β-unsaturated/α-hetero) is 1. The average molecular weight is 1050 g/mol. The maximum atomic E-state index is 13.6. The fourth-order valence-electron chi connectivity index (χ4n) is 10.2. The molecule has 2 fully saturated rings. The summed E-state index contributed by atoms with van der Waals surface area (Å²) in [6, 6.07) is 39.1. The Labute approximate surface area is 466 Å². The lowest BCUT2D eigenvalue weighted by atomic mass is 9.76. The van der Waals surface area contributed by atoms with Gasteiger partial charge in [-0.25, -0.2) is 0 Å². The van der Waals surface area contributed by atoms with E-state index in [9.17, 15) is 19.2 Å². The van der Waals surface area contributed by atoms with E-state index in [1.165, 1.54) is 0 Å². The molecule has 0 atom stereocenters. The van der Waals surface area contributed by atoms with Crippen molar-refractivity contribution in [1.82, 2.24) is 0 Å². The highest BCUT2D eigenvalue weighted by atomic mass is 16.6. The molecule has 6 rings (SSSR count). The molecule has 0 unspecified atom stereocenters. The summed E-state index contributed by atoms with van der Waals surface area (Å²) in [5.41, 5.74) is -0.0839. The number of ether oxygens (including phenoxy) is 4. The van der Waals surface area contributed by atoms with Gasteiger partial charge in [-0.15, -0.1) is 0 Å². The number of benzene rings is 4. The van der Waals surface area contributed by atoms with E-state index in [1.807, 2.05) is 121 Å². The first kappa shape index (κ1) is 60.4. The van der Waals surface area contributed by atoms with E-state index in [0.717, 1.165) is 125 Å². The number of ketones is 1. The minimum atomic E-state index is -1.03. The van der Waals surface area contributed by atoms with Gasteiger partial charge in [0.15, 0.2) is 16.8 Å². The first-order chi connectivity index (χ1) is 38.0. The Morgan fingerprint density at radius 2 is 0.551 bits per heavy atom. The molecule has 4 aromatic carbocycles. The largest absolute Gasteiger partial charge is 0.446 e. The molecule has 78 heavy (non-hydrogen) atoms. The van der Waals surface area contributed by atoms with E-state index < -0.39 is 22.4 Å². The summed E-state index contributed by atoms with van der Waals surface area (Å²) in [5.74, 6) is 26.1. The fourth-order valence-corrected chi connectivity index (χ4v) is 10.2. The van der Waals surface area contributed by atoms with Gasteiger partial charge < -0.3 is 23.7 Å². The summed E-state index contributed by atoms with van der Waals surface area (Å²) in [6.45, 7) is 1.65. The molecule has 0 heterocycles. The van der Waals surface area contributed by atoms with Crippen molar-refractivity contribution in [2.24, 2.45) is 0 Å². The van der Waals surface area contributed by atoms with Crippen molar-refractivity contribution in [1.29, 1.82) is 0 Å². The molecule has 0 aromatic heterocycles. The molecule has 2 aliphatic carbocycles.